The van der Waals surface area contributed by atoms with Crippen LogP contribution < -0.4 is 20.5 Å². The van der Waals surface area contributed by atoms with E-state index < -0.39 is 0 Å². The summed E-state index contributed by atoms with van der Waals surface area (Å²) in [6.07, 6.45) is 4.64. The van der Waals surface area contributed by atoms with Crippen LogP contribution in [-0.4, -0.2) is 26.7 Å². The Bertz CT molecular complexity index is 503. The molecule has 0 radical (unpaired) electrons. The van der Waals surface area contributed by atoms with Crippen molar-refractivity contribution in [2.75, 3.05) is 20.8 Å². The Kier molecular flexibility index (Phi) is 8.48. The van der Waals surface area contributed by atoms with Gasteiger partial charge in [-0.2, -0.15) is 0 Å². The van der Waals surface area contributed by atoms with Crippen LogP contribution in [0.4, 0.5) is 0 Å². The fourth-order valence-corrected chi connectivity index (χ4v) is 2.64. The molecular formula is C18H30N2O3. The van der Waals surface area contributed by atoms with Crippen LogP contribution in [0.3, 0.4) is 0 Å². The number of benzene rings is 1. The number of methoxy groups -OCH3 is 2. The molecule has 0 heterocycles. The molecule has 1 aromatic rings. The van der Waals surface area contributed by atoms with Crippen molar-refractivity contribution in [3.8, 4) is 11.5 Å². The molecule has 130 valence electrons. The quantitative estimate of drug-likeness (QED) is 0.649. The molecule has 1 rings (SSSR count). The van der Waals surface area contributed by atoms with Gasteiger partial charge in [0.2, 0.25) is 5.91 Å². The van der Waals surface area contributed by atoms with Crippen molar-refractivity contribution in [3.05, 3.63) is 23.3 Å². The molecule has 1 unspecified atom stereocenters. The standard InChI is InChI=1S/C18H30N2O3/c1-13-11-16(22-3)17(23-4)12-15(13)14(2)20-18(21)9-7-5-6-8-10-19/h11-12,14H,5-10,19H2,1-4H3,(H,20,21). The maximum absolute atomic E-state index is 12.1. The highest BCUT2D eigenvalue weighted by atomic mass is 16.5. The summed E-state index contributed by atoms with van der Waals surface area (Å²) in [5, 5.41) is 3.06. The number of carbonyl (C=O) groups excluding carboxylic acids is 1. The molecular weight excluding hydrogens is 292 g/mol. The lowest BCUT2D eigenvalue weighted by atomic mass is 10.0. The summed E-state index contributed by atoms with van der Waals surface area (Å²) in [4.78, 5) is 12.1. The van der Waals surface area contributed by atoms with Gasteiger partial charge in [-0.15, -0.1) is 0 Å². The average molecular weight is 322 g/mol. The first kappa shape index (κ1) is 19.3. The number of carbonyl (C=O) groups is 1. The summed E-state index contributed by atoms with van der Waals surface area (Å²) in [7, 11) is 3.23. The topological polar surface area (TPSA) is 73.6 Å². The molecule has 0 saturated heterocycles. The molecule has 23 heavy (non-hydrogen) atoms. The largest absolute Gasteiger partial charge is 0.493 e. The number of nitrogens with one attached hydrogen (secondary N) is 1. The van der Waals surface area contributed by atoms with E-state index in [0.717, 1.165) is 43.4 Å². The minimum absolute atomic E-state index is 0.0636. The number of unbranched alkanes of at least 4 members (excludes halogenated alkanes) is 3. The third kappa shape index (κ3) is 6.10. The van der Waals surface area contributed by atoms with Crippen LogP contribution in [-0.2, 0) is 4.79 Å². The Labute approximate surface area is 139 Å². The van der Waals surface area contributed by atoms with E-state index in [9.17, 15) is 4.79 Å². The first-order valence-corrected chi connectivity index (χ1v) is 8.25. The number of ether oxygens (including phenoxy) is 2. The van der Waals surface area contributed by atoms with Gasteiger partial charge in [0.25, 0.3) is 0 Å². The van der Waals surface area contributed by atoms with E-state index in [1.807, 2.05) is 26.0 Å². The monoisotopic (exact) mass is 322 g/mol. The Morgan fingerprint density at radius 2 is 1.74 bits per heavy atom. The van der Waals surface area contributed by atoms with E-state index in [1.165, 1.54) is 0 Å². The number of hydrogen-bond acceptors (Lipinski definition) is 4. The molecule has 0 aliphatic heterocycles. The number of aryl methyl sites for hydroxylation is 1. The molecule has 0 fully saturated rings. The molecule has 0 bridgehead atoms. The Hall–Kier alpha value is -1.75. The van der Waals surface area contributed by atoms with Crippen molar-refractivity contribution < 1.29 is 14.3 Å². The van der Waals surface area contributed by atoms with E-state index in [-0.39, 0.29) is 11.9 Å². The number of rotatable bonds is 10. The highest BCUT2D eigenvalue weighted by Crippen LogP contribution is 2.32. The van der Waals surface area contributed by atoms with Gasteiger partial charge in [0.05, 0.1) is 20.3 Å². The van der Waals surface area contributed by atoms with Crippen LogP contribution in [0.1, 0.15) is 56.2 Å². The molecule has 5 nitrogen and oxygen atoms in total. The van der Waals surface area contributed by atoms with Gasteiger partial charge in [-0.1, -0.05) is 12.8 Å². The van der Waals surface area contributed by atoms with Gasteiger partial charge in [0, 0.05) is 6.42 Å². The van der Waals surface area contributed by atoms with Crippen LogP contribution in [0.2, 0.25) is 0 Å². The zero-order valence-corrected chi connectivity index (χ0v) is 14.8. The third-order valence-electron chi connectivity index (χ3n) is 3.97. The fraction of sp³-hybridized carbons (Fsp3) is 0.611. The van der Waals surface area contributed by atoms with Crippen molar-refractivity contribution in [2.24, 2.45) is 5.73 Å². The summed E-state index contributed by atoms with van der Waals surface area (Å²) in [6, 6.07) is 3.80. The van der Waals surface area contributed by atoms with Crippen molar-refractivity contribution >= 4 is 5.91 Å². The predicted molar refractivity (Wildman–Crippen MR) is 93.0 cm³/mol. The van der Waals surface area contributed by atoms with Gasteiger partial charge >= 0.3 is 0 Å². The maximum Gasteiger partial charge on any atom is 0.220 e. The number of hydrogen-bond donors (Lipinski definition) is 2. The normalized spacial score (nSPS) is 11.9. The summed E-state index contributed by atoms with van der Waals surface area (Å²) < 4.78 is 10.6. The third-order valence-corrected chi connectivity index (χ3v) is 3.97. The lowest BCUT2D eigenvalue weighted by molar-refractivity contribution is -0.121. The van der Waals surface area contributed by atoms with E-state index >= 15 is 0 Å². The Balaban J connectivity index is 2.60. The summed E-state index contributed by atoms with van der Waals surface area (Å²) in [5.74, 6) is 1.46. The van der Waals surface area contributed by atoms with Crippen LogP contribution in [0.15, 0.2) is 12.1 Å². The van der Waals surface area contributed by atoms with E-state index in [0.29, 0.717) is 17.9 Å². The molecule has 0 aliphatic carbocycles. The summed E-state index contributed by atoms with van der Waals surface area (Å²) in [5.41, 5.74) is 7.57. The molecule has 0 aromatic heterocycles. The van der Waals surface area contributed by atoms with Crippen LogP contribution in [0.25, 0.3) is 0 Å². The second-order valence-electron chi connectivity index (χ2n) is 5.81. The second-order valence-corrected chi connectivity index (χ2v) is 5.81. The SMILES string of the molecule is COc1cc(C)c(C(C)NC(=O)CCCCCCN)cc1OC. The molecule has 1 amide bonds. The lowest BCUT2D eigenvalue weighted by Crippen LogP contribution is -2.26. The van der Waals surface area contributed by atoms with E-state index in [1.54, 1.807) is 14.2 Å². The van der Waals surface area contributed by atoms with E-state index in [4.69, 9.17) is 15.2 Å². The van der Waals surface area contributed by atoms with Crippen LogP contribution in [0, 0.1) is 6.92 Å². The number of nitrogens with two attached hydrogens (primary N) is 1. The van der Waals surface area contributed by atoms with Gasteiger partial charge in [-0.3, -0.25) is 4.79 Å². The van der Waals surface area contributed by atoms with Gasteiger partial charge in [0.15, 0.2) is 11.5 Å². The van der Waals surface area contributed by atoms with Gasteiger partial charge < -0.3 is 20.5 Å². The minimum Gasteiger partial charge on any atom is -0.493 e. The Morgan fingerprint density at radius 1 is 1.13 bits per heavy atom. The second kappa shape index (κ2) is 10.1. The molecule has 0 aliphatic rings. The average Bonchev–Trinajstić information content (AvgIpc) is 2.54. The maximum atomic E-state index is 12.1. The minimum atomic E-state index is -0.0636. The highest BCUT2D eigenvalue weighted by molar-refractivity contribution is 5.76. The molecule has 1 atom stereocenters. The number of amides is 1. The molecule has 3 N–H and O–H groups in total. The molecule has 1 aromatic carbocycles. The molecule has 0 spiro atoms. The van der Waals surface area contributed by atoms with Crippen molar-refractivity contribution in [2.45, 2.75) is 52.0 Å². The van der Waals surface area contributed by atoms with Gasteiger partial charge in [-0.25, -0.2) is 0 Å². The zero-order chi connectivity index (χ0) is 17.2. The van der Waals surface area contributed by atoms with Gasteiger partial charge in [0.1, 0.15) is 0 Å². The smallest absolute Gasteiger partial charge is 0.220 e. The Morgan fingerprint density at radius 3 is 2.35 bits per heavy atom. The van der Waals surface area contributed by atoms with E-state index in [2.05, 4.69) is 5.32 Å². The van der Waals surface area contributed by atoms with Crippen molar-refractivity contribution in [1.29, 1.82) is 0 Å². The fourth-order valence-electron chi connectivity index (χ4n) is 2.64. The highest BCUT2D eigenvalue weighted by Gasteiger charge is 2.15. The first-order chi connectivity index (χ1) is 11.0. The van der Waals surface area contributed by atoms with Gasteiger partial charge in [-0.05, 0) is 56.5 Å². The molecule has 5 heteroatoms. The van der Waals surface area contributed by atoms with Crippen molar-refractivity contribution in [3.63, 3.8) is 0 Å². The summed E-state index contributed by atoms with van der Waals surface area (Å²) in [6.45, 7) is 4.72. The van der Waals surface area contributed by atoms with Crippen LogP contribution in [0.5, 0.6) is 11.5 Å². The van der Waals surface area contributed by atoms with Crippen LogP contribution >= 0.6 is 0 Å². The van der Waals surface area contributed by atoms with Crippen molar-refractivity contribution in [1.82, 2.24) is 5.32 Å². The zero-order valence-electron chi connectivity index (χ0n) is 14.8. The first-order valence-electron chi connectivity index (χ1n) is 8.25. The predicted octanol–water partition coefficient (Wildman–Crippen LogP) is 3.10. The molecule has 0 saturated carbocycles. The lowest BCUT2D eigenvalue weighted by Gasteiger charge is -2.19. The summed E-state index contributed by atoms with van der Waals surface area (Å²) >= 11 is 0.